The van der Waals surface area contributed by atoms with Gasteiger partial charge in [-0.3, -0.25) is 4.79 Å². The summed E-state index contributed by atoms with van der Waals surface area (Å²) in [6, 6.07) is 16.3. The maximum Gasteiger partial charge on any atom is 0.223 e. The van der Waals surface area contributed by atoms with E-state index in [0.717, 1.165) is 23.2 Å². The number of imidazole rings is 1. The number of amides is 1. The van der Waals surface area contributed by atoms with Gasteiger partial charge in [0, 0.05) is 24.6 Å². The maximum atomic E-state index is 12.3. The van der Waals surface area contributed by atoms with E-state index in [1.54, 1.807) is 12.5 Å². The van der Waals surface area contributed by atoms with Crippen LogP contribution in [-0.4, -0.2) is 22.1 Å². The Labute approximate surface area is 152 Å². The molecule has 0 spiro atoms. The molecule has 3 aromatic rings. The van der Waals surface area contributed by atoms with Gasteiger partial charge in [0.1, 0.15) is 0 Å². The third-order valence-corrected chi connectivity index (χ3v) is 4.69. The molecule has 1 amide bonds. The lowest BCUT2D eigenvalue weighted by Gasteiger charge is -2.25. The highest BCUT2D eigenvalue weighted by Crippen LogP contribution is 2.29. The van der Waals surface area contributed by atoms with Gasteiger partial charge in [-0.2, -0.15) is 0 Å². The number of aromatic nitrogens is 2. The maximum absolute atomic E-state index is 12.3. The minimum absolute atomic E-state index is 0.00499. The van der Waals surface area contributed by atoms with Crippen LogP contribution in [0.4, 0.5) is 0 Å². The molecule has 0 saturated carbocycles. The van der Waals surface area contributed by atoms with Gasteiger partial charge in [0.15, 0.2) is 0 Å². The predicted molar refractivity (Wildman–Crippen MR) is 98.9 cm³/mol. The predicted octanol–water partition coefficient (Wildman–Crippen LogP) is 3.19. The van der Waals surface area contributed by atoms with Crippen molar-refractivity contribution >= 4 is 5.91 Å². The summed E-state index contributed by atoms with van der Waals surface area (Å²) >= 11 is 0. The third kappa shape index (κ3) is 3.68. The van der Waals surface area contributed by atoms with Gasteiger partial charge in [0.25, 0.3) is 0 Å². The Bertz CT molecular complexity index is 873. The zero-order valence-corrected chi connectivity index (χ0v) is 14.5. The first-order chi connectivity index (χ1) is 12.8. The van der Waals surface area contributed by atoms with Crippen LogP contribution in [0.5, 0.6) is 0 Å². The molecular formula is C21H21N3O2. The summed E-state index contributed by atoms with van der Waals surface area (Å²) in [4.78, 5) is 16.4. The molecular weight excluding hydrogens is 326 g/mol. The Morgan fingerprint density at radius 1 is 1.19 bits per heavy atom. The van der Waals surface area contributed by atoms with Crippen LogP contribution in [0.1, 0.15) is 29.2 Å². The van der Waals surface area contributed by atoms with Crippen LogP contribution in [0.15, 0.2) is 67.3 Å². The van der Waals surface area contributed by atoms with Crippen molar-refractivity contribution in [3.05, 3.63) is 83.9 Å². The molecule has 0 fully saturated rings. The second-order valence-electron chi connectivity index (χ2n) is 6.43. The fourth-order valence-electron chi connectivity index (χ4n) is 3.28. The number of hydrogen-bond donors (Lipinski definition) is 1. The van der Waals surface area contributed by atoms with E-state index in [-0.39, 0.29) is 12.0 Å². The first-order valence-electron chi connectivity index (χ1n) is 8.83. The molecule has 1 aliphatic heterocycles. The average Bonchev–Trinajstić information content (AvgIpc) is 3.22. The first kappa shape index (κ1) is 16.5. The van der Waals surface area contributed by atoms with Gasteiger partial charge in [-0.1, -0.05) is 36.4 Å². The number of hydrogen-bond acceptors (Lipinski definition) is 3. The standard InChI is InChI=1S/C21H21N3O2/c25-21(13-20-19-4-2-1-3-17(19)9-12-26-20)23-14-16-5-7-18(8-6-16)24-11-10-22-15-24/h1-8,10-11,15,20H,9,12-14H2,(H,23,25). The van der Waals surface area contributed by atoms with Crippen molar-refractivity contribution in [2.24, 2.45) is 0 Å². The van der Waals surface area contributed by atoms with Gasteiger partial charge < -0.3 is 14.6 Å². The van der Waals surface area contributed by atoms with Crippen molar-refractivity contribution in [3.8, 4) is 5.69 Å². The average molecular weight is 347 g/mol. The molecule has 2 heterocycles. The Hall–Kier alpha value is -2.92. The third-order valence-electron chi connectivity index (χ3n) is 4.69. The summed E-state index contributed by atoms with van der Waals surface area (Å²) in [7, 11) is 0. The molecule has 1 N–H and O–H groups in total. The Morgan fingerprint density at radius 2 is 2.04 bits per heavy atom. The highest BCUT2D eigenvalue weighted by molar-refractivity contribution is 5.76. The van der Waals surface area contributed by atoms with Crippen molar-refractivity contribution in [1.82, 2.24) is 14.9 Å². The molecule has 2 aromatic carbocycles. The molecule has 1 aliphatic rings. The minimum Gasteiger partial charge on any atom is -0.373 e. The number of benzene rings is 2. The molecule has 1 atom stereocenters. The Balaban J connectivity index is 1.33. The molecule has 5 heteroatoms. The summed E-state index contributed by atoms with van der Waals surface area (Å²) in [5, 5.41) is 2.99. The lowest BCUT2D eigenvalue weighted by molar-refractivity contribution is -0.124. The van der Waals surface area contributed by atoms with Crippen LogP contribution >= 0.6 is 0 Å². The van der Waals surface area contributed by atoms with Crippen molar-refractivity contribution in [3.63, 3.8) is 0 Å². The molecule has 1 unspecified atom stereocenters. The molecule has 5 nitrogen and oxygen atoms in total. The fourth-order valence-corrected chi connectivity index (χ4v) is 3.28. The molecule has 132 valence electrons. The SMILES string of the molecule is O=C(CC1OCCc2ccccc21)NCc1ccc(-n2ccnc2)cc1. The number of carbonyl (C=O) groups is 1. The zero-order valence-electron chi connectivity index (χ0n) is 14.5. The van der Waals surface area contributed by atoms with E-state index in [1.165, 1.54) is 5.56 Å². The van der Waals surface area contributed by atoms with Gasteiger partial charge in [0.05, 0.1) is 25.5 Å². The van der Waals surface area contributed by atoms with Crippen LogP contribution < -0.4 is 5.32 Å². The Kier molecular flexibility index (Phi) is 4.80. The molecule has 1 aromatic heterocycles. The second kappa shape index (κ2) is 7.54. The second-order valence-corrected chi connectivity index (χ2v) is 6.43. The summed E-state index contributed by atoms with van der Waals surface area (Å²) in [6.07, 6.45) is 6.53. The lowest BCUT2D eigenvalue weighted by atomic mass is 9.95. The van der Waals surface area contributed by atoms with Crippen LogP contribution in [0.3, 0.4) is 0 Å². The molecule has 0 aliphatic carbocycles. The highest BCUT2D eigenvalue weighted by Gasteiger charge is 2.22. The number of ether oxygens (including phenoxy) is 1. The normalized spacial score (nSPS) is 16.1. The fraction of sp³-hybridized carbons (Fsp3) is 0.238. The zero-order chi connectivity index (χ0) is 17.8. The number of fused-ring (bicyclic) bond motifs is 1. The molecule has 0 bridgehead atoms. The van der Waals surface area contributed by atoms with E-state index < -0.39 is 0 Å². The van der Waals surface area contributed by atoms with Crippen LogP contribution in [0, 0.1) is 0 Å². The van der Waals surface area contributed by atoms with E-state index in [2.05, 4.69) is 22.4 Å². The lowest BCUT2D eigenvalue weighted by Crippen LogP contribution is -2.27. The van der Waals surface area contributed by atoms with E-state index >= 15 is 0 Å². The molecule has 4 rings (SSSR count). The summed E-state index contributed by atoms with van der Waals surface area (Å²) in [5.74, 6) is 0.00499. The van der Waals surface area contributed by atoms with Crippen LogP contribution in [-0.2, 0) is 22.5 Å². The van der Waals surface area contributed by atoms with Gasteiger partial charge in [0.2, 0.25) is 5.91 Å². The van der Waals surface area contributed by atoms with Gasteiger partial charge in [-0.05, 0) is 35.2 Å². The first-order valence-corrected chi connectivity index (χ1v) is 8.83. The van der Waals surface area contributed by atoms with Gasteiger partial charge >= 0.3 is 0 Å². The topological polar surface area (TPSA) is 56.1 Å². The number of rotatable bonds is 5. The van der Waals surface area contributed by atoms with Crippen molar-refractivity contribution in [2.45, 2.75) is 25.5 Å². The molecule has 0 radical (unpaired) electrons. The van der Waals surface area contributed by atoms with Crippen LogP contribution in [0.25, 0.3) is 5.69 Å². The Morgan fingerprint density at radius 3 is 2.85 bits per heavy atom. The quantitative estimate of drug-likeness (QED) is 0.771. The monoisotopic (exact) mass is 347 g/mol. The van der Waals surface area contributed by atoms with E-state index in [4.69, 9.17) is 4.74 Å². The van der Waals surface area contributed by atoms with Crippen LogP contribution in [0.2, 0.25) is 0 Å². The number of nitrogens with one attached hydrogen (secondary N) is 1. The summed E-state index contributed by atoms with van der Waals surface area (Å²) in [5.41, 5.74) is 4.53. The number of nitrogens with zero attached hydrogens (tertiary/aromatic N) is 2. The minimum atomic E-state index is -0.149. The van der Waals surface area contributed by atoms with E-state index in [9.17, 15) is 4.79 Å². The van der Waals surface area contributed by atoms with Crippen molar-refractivity contribution < 1.29 is 9.53 Å². The molecule has 0 saturated heterocycles. The summed E-state index contributed by atoms with van der Waals surface area (Å²) < 4.78 is 7.76. The largest absolute Gasteiger partial charge is 0.373 e. The molecule has 26 heavy (non-hydrogen) atoms. The smallest absolute Gasteiger partial charge is 0.223 e. The van der Waals surface area contributed by atoms with Crippen molar-refractivity contribution in [2.75, 3.05) is 6.61 Å². The van der Waals surface area contributed by atoms with Crippen molar-refractivity contribution in [1.29, 1.82) is 0 Å². The van der Waals surface area contributed by atoms with Gasteiger partial charge in [-0.25, -0.2) is 4.98 Å². The van der Waals surface area contributed by atoms with E-state index in [0.29, 0.717) is 19.6 Å². The summed E-state index contributed by atoms with van der Waals surface area (Å²) in [6.45, 7) is 1.18. The number of carbonyl (C=O) groups excluding carboxylic acids is 1. The van der Waals surface area contributed by atoms with E-state index in [1.807, 2.05) is 47.2 Å². The van der Waals surface area contributed by atoms with Gasteiger partial charge in [-0.15, -0.1) is 0 Å². The highest BCUT2D eigenvalue weighted by atomic mass is 16.5.